The third kappa shape index (κ3) is 3.06. The van der Waals surface area contributed by atoms with E-state index in [1.807, 2.05) is 24.3 Å². The second kappa shape index (κ2) is 5.72. The number of aliphatic hydroxyl groups is 1. The zero-order valence-electron chi connectivity index (χ0n) is 10.7. The first kappa shape index (κ1) is 14.4. The summed E-state index contributed by atoms with van der Waals surface area (Å²) in [6, 6.07) is 7.71. The maximum absolute atomic E-state index is 10.3. The highest BCUT2D eigenvalue weighted by Crippen LogP contribution is 2.30. The van der Waals surface area contributed by atoms with Gasteiger partial charge in [-0.05, 0) is 36.4 Å². The highest BCUT2D eigenvalue weighted by atomic mass is 79.9. The van der Waals surface area contributed by atoms with Crippen molar-refractivity contribution >= 4 is 56.0 Å². The van der Waals surface area contributed by atoms with Crippen molar-refractivity contribution in [2.45, 2.75) is 12.0 Å². The molecule has 0 saturated carbocycles. The summed E-state index contributed by atoms with van der Waals surface area (Å²) in [4.78, 5) is 4.53. The molecule has 1 fully saturated rings. The fourth-order valence-electron chi connectivity index (χ4n) is 2.25. The Balaban J connectivity index is 1.82. The zero-order chi connectivity index (χ0) is 14.2. The molecule has 3 nitrogen and oxygen atoms in total. The smallest absolute Gasteiger partial charge is 0.126 e. The Bertz CT molecular complexity index is 646. The summed E-state index contributed by atoms with van der Waals surface area (Å²) in [5.41, 5.74) is 0.151. The van der Waals surface area contributed by atoms with Gasteiger partial charge in [0.1, 0.15) is 5.82 Å². The van der Waals surface area contributed by atoms with Gasteiger partial charge in [0.05, 0.1) is 16.1 Å². The van der Waals surface area contributed by atoms with Crippen LogP contribution in [-0.4, -0.2) is 33.7 Å². The molecule has 0 spiro atoms. The van der Waals surface area contributed by atoms with Crippen molar-refractivity contribution in [2.24, 2.45) is 0 Å². The van der Waals surface area contributed by atoms with Crippen LogP contribution in [0.1, 0.15) is 6.42 Å². The van der Waals surface area contributed by atoms with Crippen molar-refractivity contribution < 1.29 is 5.11 Å². The lowest BCUT2D eigenvalue weighted by Crippen LogP contribution is -2.36. The van der Waals surface area contributed by atoms with Gasteiger partial charge < -0.3 is 10.4 Å². The van der Waals surface area contributed by atoms with Crippen LogP contribution in [0.2, 0.25) is 5.02 Å². The van der Waals surface area contributed by atoms with Crippen LogP contribution in [0, 0.1) is 0 Å². The summed E-state index contributed by atoms with van der Waals surface area (Å²) in [6.07, 6.45) is 0.825. The predicted octanol–water partition coefficient (Wildman–Crippen LogP) is 3.93. The number of aromatic nitrogens is 1. The monoisotopic (exact) mass is 372 g/mol. The maximum Gasteiger partial charge on any atom is 0.126 e. The highest BCUT2D eigenvalue weighted by Gasteiger charge is 2.31. The van der Waals surface area contributed by atoms with E-state index in [4.69, 9.17) is 11.6 Å². The number of benzene rings is 1. The minimum Gasteiger partial charge on any atom is -0.387 e. The molecular formula is C14H14BrClN2OS. The summed E-state index contributed by atoms with van der Waals surface area (Å²) >= 11 is 11.4. The summed E-state index contributed by atoms with van der Waals surface area (Å²) in [7, 11) is 0. The van der Waals surface area contributed by atoms with E-state index in [0.717, 1.165) is 39.1 Å². The molecule has 2 N–H and O–H groups in total. The van der Waals surface area contributed by atoms with Gasteiger partial charge in [-0.3, -0.25) is 0 Å². The number of halogens is 2. The van der Waals surface area contributed by atoms with Crippen molar-refractivity contribution in [1.29, 1.82) is 0 Å². The molecule has 1 aliphatic rings. The first-order valence-corrected chi connectivity index (χ1v) is 8.68. The molecule has 1 aliphatic heterocycles. The van der Waals surface area contributed by atoms with Gasteiger partial charge in [0, 0.05) is 22.2 Å². The van der Waals surface area contributed by atoms with Gasteiger partial charge in [-0.2, -0.15) is 11.8 Å². The van der Waals surface area contributed by atoms with Gasteiger partial charge in [0.25, 0.3) is 0 Å². The minimum atomic E-state index is -0.620. The topological polar surface area (TPSA) is 45.1 Å². The molecule has 1 aromatic heterocycles. The lowest BCUT2D eigenvalue weighted by molar-refractivity contribution is 0.0819. The lowest BCUT2D eigenvalue weighted by atomic mass is 10.0. The van der Waals surface area contributed by atoms with Crippen molar-refractivity contribution in [3.63, 3.8) is 0 Å². The molecule has 3 rings (SSSR count). The number of hydrogen-bond acceptors (Lipinski definition) is 4. The summed E-state index contributed by atoms with van der Waals surface area (Å²) in [6.45, 7) is 0.520. The third-order valence-electron chi connectivity index (χ3n) is 3.39. The summed E-state index contributed by atoms with van der Waals surface area (Å²) < 4.78 is 0.940. The Morgan fingerprint density at radius 1 is 1.45 bits per heavy atom. The van der Waals surface area contributed by atoms with E-state index in [9.17, 15) is 5.11 Å². The summed E-state index contributed by atoms with van der Waals surface area (Å²) in [5.74, 6) is 2.54. The van der Waals surface area contributed by atoms with Gasteiger partial charge in [-0.25, -0.2) is 4.98 Å². The van der Waals surface area contributed by atoms with Crippen LogP contribution in [0.15, 0.2) is 28.7 Å². The molecule has 1 saturated heterocycles. The molecule has 6 heteroatoms. The van der Waals surface area contributed by atoms with Crippen molar-refractivity contribution in [1.82, 2.24) is 4.98 Å². The Morgan fingerprint density at radius 3 is 3.05 bits per heavy atom. The SMILES string of the molecule is OC1(CNc2ccc3cc(Br)cc(Cl)c3n2)CCSC1. The third-order valence-corrected chi connectivity index (χ3v) is 5.37. The van der Waals surface area contributed by atoms with Crippen molar-refractivity contribution in [2.75, 3.05) is 23.4 Å². The molecule has 20 heavy (non-hydrogen) atoms. The standard InChI is InChI=1S/C14H14BrClN2OS/c15-10-5-9-1-2-12(18-13(9)11(16)6-10)17-7-14(19)3-4-20-8-14/h1-2,5-6,19H,3-4,7-8H2,(H,17,18). The fraction of sp³-hybridized carbons (Fsp3) is 0.357. The van der Waals surface area contributed by atoms with E-state index in [2.05, 4.69) is 26.2 Å². The Labute approximate surface area is 135 Å². The van der Waals surface area contributed by atoms with Crippen LogP contribution in [0.4, 0.5) is 5.82 Å². The molecule has 2 heterocycles. The maximum atomic E-state index is 10.3. The first-order valence-electron chi connectivity index (χ1n) is 6.36. The first-order chi connectivity index (χ1) is 9.56. The quantitative estimate of drug-likeness (QED) is 0.855. The van der Waals surface area contributed by atoms with Gasteiger partial charge in [-0.15, -0.1) is 0 Å². The number of rotatable bonds is 3. The molecule has 1 unspecified atom stereocenters. The van der Waals surface area contributed by atoms with E-state index in [-0.39, 0.29) is 0 Å². The average Bonchev–Trinajstić information content (AvgIpc) is 2.84. The number of hydrogen-bond donors (Lipinski definition) is 2. The molecular weight excluding hydrogens is 360 g/mol. The average molecular weight is 374 g/mol. The van der Waals surface area contributed by atoms with Crippen LogP contribution in [-0.2, 0) is 0 Å². The number of nitrogens with zero attached hydrogens (tertiary/aromatic N) is 1. The van der Waals surface area contributed by atoms with Crippen molar-refractivity contribution in [3.05, 3.63) is 33.8 Å². The molecule has 0 amide bonds. The van der Waals surface area contributed by atoms with Gasteiger partial charge in [-0.1, -0.05) is 27.5 Å². The number of nitrogens with one attached hydrogen (secondary N) is 1. The molecule has 106 valence electrons. The van der Waals surface area contributed by atoms with Gasteiger partial charge in [0.2, 0.25) is 0 Å². The highest BCUT2D eigenvalue weighted by molar-refractivity contribution is 9.10. The Hall–Kier alpha value is -0.490. The van der Waals surface area contributed by atoms with Crippen LogP contribution < -0.4 is 5.32 Å². The Kier molecular flexibility index (Phi) is 4.13. The number of anilines is 1. The van der Waals surface area contributed by atoms with E-state index < -0.39 is 5.60 Å². The second-order valence-electron chi connectivity index (χ2n) is 5.04. The van der Waals surface area contributed by atoms with E-state index >= 15 is 0 Å². The van der Waals surface area contributed by atoms with Gasteiger partial charge >= 0.3 is 0 Å². The number of thioether (sulfide) groups is 1. The van der Waals surface area contributed by atoms with E-state index in [1.54, 1.807) is 11.8 Å². The largest absolute Gasteiger partial charge is 0.387 e. The molecule has 0 radical (unpaired) electrons. The van der Waals surface area contributed by atoms with Crippen molar-refractivity contribution in [3.8, 4) is 0 Å². The molecule has 1 atom stereocenters. The minimum absolute atomic E-state index is 0.520. The lowest BCUT2D eigenvalue weighted by Gasteiger charge is -2.22. The van der Waals surface area contributed by atoms with Crippen LogP contribution in [0.25, 0.3) is 10.9 Å². The summed E-state index contributed by atoms with van der Waals surface area (Å²) in [5, 5.41) is 15.1. The second-order valence-corrected chi connectivity index (χ2v) is 7.46. The number of pyridine rings is 1. The zero-order valence-corrected chi connectivity index (χ0v) is 13.9. The van der Waals surface area contributed by atoms with Crippen LogP contribution in [0.3, 0.4) is 0 Å². The Morgan fingerprint density at radius 2 is 2.30 bits per heavy atom. The van der Waals surface area contributed by atoms with Gasteiger partial charge in [0.15, 0.2) is 0 Å². The number of fused-ring (bicyclic) bond motifs is 1. The van der Waals surface area contributed by atoms with E-state index in [1.165, 1.54) is 0 Å². The van der Waals surface area contributed by atoms with Crippen LogP contribution in [0.5, 0.6) is 0 Å². The van der Waals surface area contributed by atoms with Crippen LogP contribution >= 0.6 is 39.3 Å². The normalized spacial score (nSPS) is 22.4. The van der Waals surface area contributed by atoms with E-state index in [0.29, 0.717) is 11.6 Å². The molecule has 0 bridgehead atoms. The molecule has 0 aliphatic carbocycles. The fourth-order valence-corrected chi connectivity index (χ4v) is 4.42. The molecule has 1 aromatic carbocycles. The predicted molar refractivity (Wildman–Crippen MR) is 89.8 cm³/mol. The molecule has 2 aromatic rings.